The summed E-state index contributed by atoms with van der Waals surface area (Å²) in [6, 6.07) is 21.9. The molecular weight excluding hydrogens is 428 g/mol. The summed E-state index contributed by atoms with van der Waals surface area (Å²) < 4.78 is 0. The van der Waals surface area contributed by atoms with Gasteiger partial charge in [0, 0.05) is 50.7 Å². The molecule has 0 saturated heterocycles. The Kier molecular flexibility index (Phi) is 8.12. The first-order valence-electron chi connectivity index (χ1n) is 10.6. The van der Waals surface area contributed by atoms with Crippen molar-refractivity contribution in [2.75, 3.05) is 38.0 Å². The maximum Gasteiger partial charge on any atom is 0.271 e. The Labute approximate surface area is 199 Å². The average molecular weight is 457 g/mol. The van der Waals surface area contributed by atoms with Gasteiger partial charge in [0.15, 0.2) is 0 Å². The second-order valence-electron chi connectivity index (χ2n) is 7.95. The number of benzene rings is 3. The molecule has 0 heterocycles. The van der Waals surface area contributed by atoms with Crippen LogP contribution in [0.4, 0.5) is 11.4 Å². The fraction of sp³-hybridized carbons (Fsp3) is 0.154. The molecule has 0 fully saturated rings. The van der Waals surface area contributed by atoms with E-state index >= 15 is 0 Å². The van der Waals surface area contributed by atoms with Crippen molar-refractivity contribution < 1.29 is 9.59 Å². The maximum atomic E-state index is 12.3. The number of hydrazone groups is 2. The number of nitrogens with zero attached hydrogens (tertiary/aromatic N) is 4. The van der Waals surface area contributed by atoms with E-state index in [1.807, 2.05) is 86.5 Å². The highest BCUT2D eigenvalue weighted by Gasteiger charge is 2.05. The average Bonchev–Trinajstić information content (AvgIpc) is 2.84. The van der Waals surface area contributed by atoms with Crippen LogP contribution in [0.2, 0.25) is 0 Å². The molecule has 3 aromatic carbocycles. The Bertz CT molecular complexity index is 1090. The molecule has 3 rings (SSSR count). The first-order valence-corrected chi connectivity index (χ1v) is 10.6. The van der Waals surface area contributed by atoms with Crippen LogP contribution in [0.3, 0.4) is 0 Å². The summed E-state index contributed by atoms with van der Waals surface area (Å²) in [7, 11) is 7.76. The third-order valence-electron chi connectivity index (χ3n) is 4.96. The van der Waals surface area contributed by atoms with Gasteiger partial charge in [0.25, 0.3) is 11.8 Å². The molecule has 8 nitrogen and oxygen atoms in total. The molecular formula is C26H28N6O2. The molecule has 0 aromatic heterocycles. The second kappa shape index (κ2) is 11.4. The number of anilines is 2. The number of rotatable bonds is 8. The highest BCUT2D eigenvalue weighted by Crippen LogP contribution is 2.13. The zero-order valence-electron chi connectivity index (χ0n) is 19.7. The number of hydrogen-bond acceptors (Lipinski definition) is 6. The predicted molar refractivity (Wildman–Crippen MR) is 138 cm³/mol. The lowest BCUT2D eigenvalue weighted by atomic mass is 10.1. The summed E-state index contributed by atoms with van der Waals surface area (Å²) in [5.41, 5.74) is 9.67. The van der Waals surface area contributed by atoms with E-state index in [-0.39, 0.29) is 11.8 Å². The van der Waals surface area contributed by atoms with E-state index in [1.165, 1.54) is 0 Å². The van der Waals surface area contributed by atoms with Crippen LogP contribution in [-0.4, -0.2) is 52.4 Å². The lowest BCUT2D eigenvalue weighted by molar-refractivity contribution is 0.0947. The van der Waals surface area contributed by atoms with Crippen LogP contribution < -0.4 is 20.7 Å². The Morgan fingerprint density at radius 2 is 1.03 bits per heavy atom. The van der Waals surface area contributed by atoms with Crippen molar-refractivity contribution in [1.82, 2.24) is 10.9 Å². The van der Waals surface area contributed by atoms with E-state index < -0.39 is 0 Å². The topological polar surface area (TPSA) is 89.4 Å². The number of amides is 2. The molecule has 8 heteroatoms. The van der Waals surface area contributed by atoms with Gasteiger partial charge in [0.1, 0.15) is 0 Å². The van der Waals surface area contributed by atoms with Crippen molar-refractivity contribution in [3.05, 3.63) is 95.1 Å². The van der Waals surface area contributed by atoms with Gasteiger partial charge >= 0.3 is 0 Å². The quantitative estimate of drug-likeness (QED) is 0.402. The molecule has 0 radical (unpaired) electrons. The molecule has 3 aromatic rings. The van der Waals surface area contributed by atoms with E-state index in [0.717, 1.165) is 22.5 Å². The van der Waals surface area contributed by atoms with E-state index in [4.69, 9.17) is 0 Å². The molecule has 0 saturated carbocycles. The molecule has 0 atom stereocenters. The van der Waals surface area contributed by atoms with Crippen molar-refractivity contribution in [1.29, 1.82) is 0 Å². The molecule has 34 heavy (non-hydrogen) atoms. The fourth-order valence-corrected chi connectivity index (χ4v) is 3.00. The van der Waals surface area contributed by atoms with Gasteiger partial charge in [0.05, 0.1) is 12.4 Å². The van der Waals surface area contributed by atoms with Gasteiger partial charge < -0.3 is 9.80 Å². The van der Waals surface area contributed by atoms with Gasteiger partial charge in [-0.25, -0.2) is 10.9 Å². The van der Waals surface area contributed by atoms with Crippen molar-refractivity contribution in [2.24, 2.45) is 10.2 Å². The Morgan fingerprint density at radius 3 is 1.38 bits per heavy atom. The van der Waals surface area contributed by atoms with E-state index in [0.29, 0.717) is 11.1 Å². The second-order valence-corrected chi connectivity index (χ2v) is 7.95. The van der Waals surface area contributed by atoms with Gasteiger partial charge in [-0.3, -0.25) is 9.59 Å². The molecule has 0 unspecified atom stereocenters. The highest BCUT2D eigenvalue weighted by atomic mass is 16.2. The Balaban J connectivity index is 1.54. The van der Waals surface area contributed by atoms with Crippen LogP contribution in [0.5, 0.6) is 0 Å². The molecule has 0 spiro atoms. The molecule has 0 bridgehead atoms. The highest BCUT2D eigenvalue weighted by molar-refractivity contribution is 5.96. The van der Waals surface area contributed by atoms with E-state index in [1.54, 1.807) is 36.7 Å². The SMILES string of the molecule is CN(C)c1ccc(C(=O)NN=Cc2cccc(C=NNC(=O)c3ccc(N(C)C)cc3)c2)cc1. The summed E-state index contributed by atoms with van der Waals surface area (Å²) in [5, 5.41) is 8.06. The third-order valence-corrected chi connectivity index (χ3v) is 4.96. The van der Waals surface area contributed by atoms with Crippen LogP contribution >= 0.6 is 0 Å². The number of nitrogens with one attached hydrogen (secondary N) is 2. The number of carbonyl (C=O) groups is 2. The lowest BCUT2D eigenvalue weighted by Gasteiger charge is -2.12. The molecule has 0 aliphatic heterocycles. The number of hydrogen-bond donors (Lipinski definition) is 2. The van der Waals surface area contributed by atoms with E-state index in [9.17, 15) is 9.59 Å². The van der Waals surface area contributed by atoms with Crippen LogP contribution in [0.15, 0.2) is 83.0 Å². The summed E-state index contributed by atoms with van der Waals surface area (Å²) in [6.07, 6.45) is 3.10. The molecule has 174 valence electrons. The Hall–Kier alpha value is -4.46. The summed E-state index contributed by atoms with van der Waals surface area (Å²) in [6.45, 7) is 0. The molecule has 2 amide bonds. The minimum atomic E-state index is -0.291. The van der Waals surface area contributed by atoms with Crippen LogP contribution in [0.1, 0.15) is 31.8 Å². The van der Waals surface area contributed by atoms with Gasteiger partial charge in [-0.05, 0) is 65.7 Å². The summed E-state index contributed by atoms with van der Waals surface area (Å²) in [5.74, 6) is -0.582. The molecule has 2 N–H and O–H groups in total. The first-order chi connectivity index (χ1) is 16.3. The first kappa shape index (κ1) is 24.2. The normalized spacial score (nSPS) is 10.9. The van der Waals surface area contributed by atoms with Gasteiger partial charge in [-0.15, -0.1) is 0 Å². The van der Waals surface area contributed by atoms with Gasteiger partial charge in [0.2, 0.25) is 0 Å². The van der Waals surface area contributed by atoms with Crippen LogP contribution in [0.25, 0.3) is 0 Å². The predicted octanol–water partition coefficient (Wildman–Crippen LogP) is 3.35. The zero-order chi connectivity index (χ0) is 24.5. The van der Waals surface area contributed by atoms with Crippen molar-refractivity contribution in [3.8, 4) is 0 Å². The van der Waals surface area contributed by atoms with Crippen LogP contribution in [0, 0.1) is 0 Å². The Morgan fingerprint density at radius 1 is 0.647 bits per heavy atom. The monoisotopic (exact) mass is 456 g/mol. The maximum absolute atomic E-state index is 12.3. The van der Waals surface area contributed by atoms with Gasteiger partial charge in [-0.2, -0.15) is 10.2 Å². The van der Waals surface area contributed by atoms with Gasteiger partial charge in [-0.1, -0.05) is 18.2 Å². The van der Waals surface area contributed by atoms with Crippen LogP contribution in [-0.2, 0) is 0 Å². The standard InChI is InChI=1S/C26H28N6O2/c1-31(2)23-12-8-21(9-13-23)25(33)29-27-17-19-6-5-7-20(16-19)18-28-30-26(34)22-10-14-24(15-11-22)32(3)4/h5-18H,1-4H3,(H,29,33)(H,30,34). The van der Waals surface area contributed by atoms with Crippen molar-refractivity contribution >= 4 is 35.6 Å². The zero-order valence-corrected chi connectivity index (χ0v) is 19.7. The minimum Gasteiger partial charge on any atom is -0.378 e. The van der Waals surface area contributed by atoms with E-state index in [2.05, 4.69) is 21.1 Å². The van der Waals surface area contributed by atoms with Crippen molar-refractivity contribution in [2.45, 2.75) is 0 Å². The molecule has 0 aliphatic carbocycles. The molecule has 0 aliphatic rings. The fourth-order valence-electron chi connectivity index (χ4n) is 3.00. The summed E-state index contributed by atoms with van der Waals surface area (Å²) in [4.78, 5) is 28.4. The third kappa shape index (κ3) is 6.77. The smallest absolute Gasteiger partial charge is 0.271 e. The summed E-state index contributed by atoms with van der Waals surface area (Å²) >= 11 is 0. The van der Waals surface area contributed by atoms with Crippen molar-refractivity contribution in [3.63, 3.8) is 0 Å². The largest absolute Gasteiger partial charge is 0.378 e. The lowest BCUT2D eigenvalue weighted by Crippen LogP contribution is -2.18. The number of carbonyl (C=O) groups excluding carboxylic acids is 2. The minimum absolute atomic E-state index is 0.291.